The van der Waals surface area contributed by atoms with Crippen molar-refractivity contribution >= 4 is 19.7 Å². The van der Waals surface area contributed by atoms with Gasteiger partial charge in [-0.05, 0) is 102 Å². The lowest BCUT2D eigenvalue weighted by atomic mass is 10.0. The third kappa shape index (κ3) is 59.6. The van der Waals surface area contributed by atoms with Crippen molar-refractivity contribution < 1.29 is 37.3 Å². The lowest BCUT2D eigenvalue weighted by Crippen LogP contribution is -2.47. The van der Waals surface area contributed by atoms with Crippen molar-refractivity contribution in [2.24, 2.45) is 0 Å². The van der Waals surface area contributed by atoms with Crippen molar-refractivity contribution in [2.45, 2.75) is 303 Å². The number of hydrogen-bond donors (Lipinski definition) is 1. The van der Waals surface area contributed by atoms with E-state index in [1.165, 1.54) is 154 Å². The molecule has 0 aromatic rings. The lowest BCUT2D eigenvalue weighted by Gasteiger charge is -2.30. The monoisotopic (exact) mass is 1120 g/mol. The summed E-state index contributed by atoms with van der Waals surface area (Å²) in [6.45, 7) is 6.71. The number of esters is 1. The van der Waals surface area contributed by atoms with E-state index < -0.39 is 26.6 Å². The number of likely N-dealkylation sites (N-methyl/N-ethyl adjacent to an activating group) is 1. The predicted octanol–water partition coefficient (Wildman–Crippen LogP) is 19.9. The summed E-state index contributed by atoms with van der Waals surface area (Å²) in [4.78, 5) is 40.0. The second-order valence-corrected chi connectivity index (χ2v) is 24.6. The first-order valence-electron chi connectivity index (χ1n) is 32.9. The largest absolute Gasteiger partial charge is 0.756 e. The fourth-order valence-corrected chi connectivity index (χ4v) is 9.97. The van der Waals surface area contributed by atoms with Gasteiger partial charge in [-0.3, -0.25) is 14.2 Å². The molecule has 1 N–H and O–H groups in total. The van der Waals surface area contributed by atoms with Crippen molar-refractivity contribution in [3.63, 3.8) is 0 Å². The third-order valence-corrected chi connectivity index (χ3v) is 15.3. The molecule has 3 atom stereocenters. The zero-order valence-electron chi connectivity index (χ0n) is 52.3. The third-order valence-electron chi connectivity index (χ3n) is 14.3. The van der Waals surface area contributed by atoms with Crippen molar-refractivity contribution in [3.05, 3.63) is 85.1 Å². The van der Waals surface area contributed by atoms with Crippen molar-refractivity contribution in [3.8, 4) is 0 Å². The van der Waals surface area contributed by atoms with E-state index in [1.807, 2.05) is 33.3 Å². The molecule has 1 amide bonds. The molecule has 458 valence electrons. The van der Waals surface area contributed by atoms with Gasteiger partial charge in [-0.1, -0.05) is 260 Å². The Hall–Kier alpha value is -2.81. The summed E-state index contributed by atoms with van der Waals surface area (Å²) in [7, 11) is 1.17. The minimum Gasteiger partial charge on any atom is -0.756 e. The SMILES string of the molecule is CC/C=C/C/C=C/CCCCCCCCCC(=O)NC(COP(=O)([O-])OCC[N+](C)(C)C)C(/C=C\CCCCCCCCCCCC)OC(=O)CCCCCCCCCCCCC/C=C\C/C=C\C/C=C\C/C=C\CCCCC. The quantitative estimate of drug-likeness (QED) is 0.0212. The second kappa shape index (κ2) is 58.4. The maximum Gasteiger partial charge on any atom is 0.306 e. The highest BCUT2D eigenvalue weighted by Gasteiger charge is 2.27. The van der Waals surface area contributed by atoms with Crippen LogP contribution in [0.2, 0.25) is 0 Å². The van der Waals surface area contributed by atoms with E-state index in [-0.39, 0.29) is 24.9 Å². The fraction of sp³-hybridized carbons (Fsp3) is 0.768. The number of nitrogens with zero attached hydrogens (tertiary/aromatic N) is 1. The van der Waals surface area contributed by atoms with Crippen molar-refractivity contribution in [1.29, 1.82) is 0 Å². The van der Waals surface area contributed by atoms with Gasteiger partial charge in [0.1, 0.15) is 19.3 Å². The van der Waals surface area contributed by atoms with Crippen LogP contribution in [-0.4, -0.2) is 69.4 Å². The van der Waals surface area contributed by atoms with Gasteiger partial charge >= 0.3 is 5.97 Å². The smallest absolute Gasteiger partial charge is 0.306 e. The first-order valence-corrected chi connectivity index (χ1v) is 34.4. The van der Waals surface area contributed by atoms with E-state index in [4.69, 9.17) is 13.8 Å². The van der Waals surface area contributed by atoms with E-state index in [0.29, 0.717) is 17.4 Å². The molecule has 0 aliphatic carbocycles. The summed E-state index contributed by atoms with van der Waals surface area (Å²) >= 11 is 0. The number of phosphoric ester groups is 1. The summed E-state index contributed by atoms with van der Waals surface area (Å²) in [5.41, 5.74) is 0. The Bertz CT molecular complexity index is 1630. The summed E-state index contributed by atoms with van der Waals surface area (Å²) in [6, 6.07) is -0.897. The number of ether oxygens (including phenoxy) is 1. The van der Waals surface area contributed by atoms with Gasteiger partial charge in [-0.2, -0.15) is 0 Å². The molecule has 3 unspecified atom stereocenters. The molecule has 79 heavy (non-hydrogen) atoms. The Morgan fingerprint density at radius 2 is 0.810 bits per heavy atom. The van der Waals surface area contributed by atoms with Gasteiger partial charge in [0, 0.05) is 12.8 Å². The van der Waals surface area contributed by atoms with Crippen molar-refractivity contribution in [2.75, 3.05) is 40.9 Å². The molecule has 9 nitrogen and oxygen atoms in total. The molecule has 0 aliphatic rings. The van der Waals surface area contributed by atoms with E-state index in [2.05, 4.69) is 99.0 Å². The minimum absolute atomic E-state index is 0.0270. The van der Waals surface area contributed by atoms with Crippen LogP contribution in [0.25, 0.3) is 0 Å². The highest BCUT2D eigenvalue weighted by molar-refractivity contribution is 7.45. The highest BCUT2D eigenvalue weighted by atomic mass is 31.2. The van der Waals surface area contributed by atoms with Gasteiger partial charge in [-0.25, -0.2) is 0 Å². The molecule has 0 radical (unpaired) electrons. The molecule has 0 fully saturated rings. The number of phosphoric acid groups is 1. The molecule has 0 aromatic carbocycles. The first kappa shape index (κ1) is 76.2. The first-order chi connectivity index (χ1) is 38.4. The zero-order chi connectivity index (χ0) is 57.9. The average molecular weight is 1130 g/mol. The van der Waals surface area contributed by atoms with Gasteiger partial charge in [0.05, 0.1) is 33.8 Å². The maximum atomic E-state index is 13.5. The Morgan fingerprint density at radius 3 is 1.24 bits per heavy atom. The molecular weight excluding hydrogens is 1000 g/mol. The number of unbranched alkanes of at least 4 members (excludes halogenated alkanes) is 31. The van der Waals surface area contributed by atoms with Gasteiger partial charge < -0.3 is 28.5 Å². The molecule has 0 saturated carbocycles. The van der Waals surface area contributed by atoms with Crippen LogP contribution in [0.5, 0.6) is 0 Å². The number of nitrogens with one attached hydrogen (secondary N) is 1. The number of carbonyl (C=O) groups is 2. The zero-order valence-corrected chi connectivity index (χ0v) is 53.2. The van der Waals surface area contributed by atoms with Gasteiger partial charge in [0.25, 0.3) is 7.82 Å². The molecule has 0 heterocycles. The standard InChI is InChI=1S/C69H125N2O7P/c1-7-10-13-16-19-22-25-28-30-31-32-33-34-35-36-37-38-39-40-41-42-44-47-50-53-56-59-62-69(73)78-67(60-57-54-51-48-45-27-24-21-18-15-12-9-3)66(65-77-79(74,75)76-64-63-71(4,5)6)70-68(72)61-58-55-52-49-46-43-29-26-23-20-17-14-11-8-2/h11,14,19-20,22-23,28,30,32-33,35-36,57,60,66-67H,7-10,12-13,15-18,21,24-27,29,31,34,37-56,58-59,61-65H2,1-6H3,(H-,70,72,74,75)/b14-11+,22-19-,23-20+,30-28-,33-32-,36-35-,60-57-. The predicted molar refractivity (Wildman–Crippen MR) is 339 cm³/mol. The Kier molecular flexibility index (Phi) is 56.3. The number of hydrogen-bond acceptors (Lipinski definition) is 7. The van der Waals surface area contributed by atoms with Gasteiger partial charge in [-0.15, -0.1) is 0 Å². The molecule has 0 saturated heterocycles. The average Bonchev–Trinajstić information content (AvgIpc) is 3.41. The fourth-order valence-electron chi connectivity index (χ4n) is 9.25. The molecule has 0 aliphatic heterocycles. The van der Waals surface area contributed by atoms with Crippen LogP contribution in [0.1, 0.15) is 290 Å². The van der Waals surface area contributed by atoms with Crippen LogP contribution in [0, 0.1) is 0 Å². The molecule has 10 heteroatoms. The topological polar surface area (TPSA) is 114 Å². The molecule has 0 spiro atoms. The number of allylic oxidation sites excluding steroid dienone is 13. The van der Waals surface area contributed by atoms with Gasteiger partial charge in [0.15, 0.2) is 0 Å². The molecule has 0 rings (SSSR count). The normalized spacial score (nSPS) is 14.2. The van der Waals surface area contributed by atoms with E-state index in [0.717, 1.165) is 103 Å². The maximum absolute atomic E-state index is 13.5. The summed E-state index contributed by atoms with van der Waals surface area (Å²) in [5, 5.41) is 3.02. The summed E-state index contributed by atoms with van der Waals surface area (Å²) in [6.07, 6.45) is 77.0. The number of carbonyl (C=O) groups excluding carboxylic acids is 2. The van der Waals surface area contributed by atoms with E-state index in [9.17, 15) is 19.0 Å². The number of quaternary nitrogens is 1. The summed E-state index contributed by atoms with van der Waals surface area (Å²) in [5.74, 6) is -0.552. The Morgan fingerprint density at radius 1 is 0.456 bits per heavy atom. The van der Waals surface area contributed by atoms with E-state index >= 15 is 0 Å². The number of rotatable bonds is 59. The Balaban J connectivity index is 5.07. The molecule has 0 bridgehead atoms. The molecule has 0 aromatic heterocycles. The van der Waals surface area contributed by atoms with Crippen molar-refractivity contribution in [1.82, 2.24) is 5.32 Å². The Labute approximate surface area is 488 Å². The summed E-state index contributed by atoms with van der Waals surface area (Å²) < 4.78 is 30.3. The van der Waals surface area contributed by atoms with E-state index in [1.54, 1.807) is 0 Å². The van der Waals surface area contributed by atoms with Crippen LogP contribution < -0.4 is 10.2 Å². The van der Waals surface area contributed by atoms with Crippen LogP contribution in [0.4, 0.5) is 0 Å². The second-order valence-electron chi connectivity index (χ2n) is 23.2. The van der Waals surface area contributed by atoms with Gasteiger partial charge in [0.2, 0.25) is 5.91 Å². The number of amides is 1. The van der Waals surface area contributed by atoms with Crippen LogP contribution >= 0.6 is 7.82 Å². The van der Waals surface area contributed by atoms with Crippen LogP contribution in [-0.2, 0) is 27.9 Å². The highest BCUT2D eigenvalue weighted by Crippen LogP contribution is 2.38. The molecular formula is C69H125N2O7P. The van der Waals surface area contributed by atoms with Crippen LogP contribution in [0.15, 0.2) is 85.1 Å². The minimum atomic E-state index is -4.70. The lowest BCUT2D eigenvalue weighted by molar-refractivity contribution is -0.870. The van der Waals surface area contributed by atoms with Crippen LogP contribution in [0.3, 0.4) is 0 Å².